The Labute approximate surface area is 134 Å². The lowest BCUT2D eigenvalue weighted by atomic mass is 10.0. The van der Waals surface area contributed by atoms with Gasteiger partial charge in [0.05, 0.1) is 13.2 Å². The molecule has 2 N–H and O–H groups in total. The molecular weight excluding hydrogens is 262 g/mol. The van der Waals surface area contributed by atoms with Crippen LogP contribution in [-0.2, 0) is 4.74 Å². The largest absolute Gasteiger partial charge is 0.379 e. The molecule has 1 rings (SSSR count). The molecule has 0 saturated carbocycles. The molecule has 0 amide bonds. The van der Waals surface area contributed by atoms with E-state index in [2.05, 4.69) is 22.5 Å². The van der Waals surface area contributed by atoms with Gasteiger partial charge < -0.3 is 15.4 Å². The first-order chi connectivity index (χ1) is 10.4. The van der Waals surface area contributed by atoms with Crippen LogP contribution in [0.3, 0.4) is 0 Å². The maximum atomic E-state index is 5.61. The van der Waals surface area contributed by atoms with E-state index in [9.17, 15) is 0 Å². The number of rotatable bonds is 9. The van der Waals surface area contributed by atoms with Gasteiger partial charge >= 0.3 is 0 Å². The first-order valence-corrected chi connectivity index (χ1v) is 9.05. The Balaban J connectivity index is 0. The second-order valence-electron chi connectivity index (χ2n) is 4.71. The average molecular weight is 304 g/mol. The Kier molecular flexibility index (Phi) is 21.8. The van der Waals surface area contributed by atoms with E-state index in [1.807, 2.05) is 34.7 Å². The highest BCUT2D eigenvalue weighted by Crippen LogP contribution is 2.15. The van der Waals surface area contributed by atoms with Crippen molar-refractivity contribution in [3.8, 4) is 0 Å². The van der Waals surface area contributed by atoms with Crippen LogP contribution in [0.2, 0.25) is 0 Å². The number of likely N-dealkylation sites (N-methyl/N-ethyl adjacent to an activating group) is 2. The second-order valence-corrected chi connectivity index (χ2v) is 4.71. The maximum absolute atomic E-state index is 5.61. The van der Waals surface area contributed by atoms with Crippen molar-refractivity contribution in [2.75, 3.05) is 53.0 Å². The minimum atomic E-state index is 0.719. The lowest BCUT2D eigenvalue weighted by molar-refractivity contribution is 0.0732. The lowest BCUT2D eigenvalue weighted by Crippen LogP contribution is -2.46. The number of nitrogens with one attached hydrogen (secondary N) is 2. The third-order valence-corrected chi connectivity index (χ3v) is 3.40. The number of ether oxygens (including phenoxy) is 1. The molecule has 0 aliphatic carbocycles. The van der Waals surface area contributed by atoms with Gasteiger partial charge in [0.1, 0.15) is 0 Å². The van der Waals surface area contributed by atoms with Gasteiger partial charge in [-0.2, -0.15) is 0 Å². The first-order valence-electron chi connectivity index (χ1n) is 9.05. The van der Waals surface area contributed by atoms with Gasteiger partial charge in [-0.3, -0.25) is 4.90 Å². The minimum Gasteiger partial charge on any atom is -0.379 e. The topological polar surface area (TPSA) is 36.5 Å². The second kappa shape index (κ2) is 19.8. The molecule has 0 aromatic carbocycles. The predicted octanol–water partition coefficient (Wildman–Crippen LogP) is 2.74. The monoisotopic (exact) mass is 303 g/mol. The third-order valence-electron chi connectivity index (χ3n) is 3.40. The molecule has 0 aromatic rings. The van der Waals surface area contributed by atoms with Gasteiger partial charge in [0.15, 0.2) is 0 Å². The highest BCUT2D eigenvalue weighted by Gasteiger charge is 2.21. The Morgan fingerprint density at radius 2 is 1.81 bits per heavy atom. The summed E-state index contributed by atoms with van der Waals surface area (Å²) in [6, 6.07) is 0.719. The standard InChI is InChI=1S/C13H29N3O.2C2H6/c1-3-15-12-13-6-4-5-8-16(13)9-11-17-10-7-14-2;2*1-2/h13-15H,3-12H2,1-2H3;2*1-2H3. The summed E-state index contributed by atoms with van der Waals surface area (Å²) in [6.45, 7) is 17.3. The van der Waals surface area contributed by atoms with Gasteiger partial charge in [-0.1, -0.05) is 41.0 Å². The van der Waals surface area contributed by atoms with Crippen molar-refractivity contribution < 1.29 is 4.74 Å². The van der Waals surface area contributed by atoms with Gasteiger partial charge in [-0.25, -0.2) is 0 Å². The number of likely N-dealkylation sites (tertiary alicyclic amines) is 1. The molecule has 130 valence electrons. The van der Waals surface area contributed by atoms with Crippen molar-refractivity contribution in [3.63, 3.8) is 0 Å². The first kappa shape index (κ1) is 23.1. The van der Waals surface area contributed by atoms with Crippen molar-refractivity contribution in [1.82, 2.24) is 15.5 Å². The van der Waals surface area contributed by atoms with Gasteiger partial charge in [0.2, 0.25) is 0 Å². The molecule has 4 heteroatoms. The summed E-state index contributed by atoms with van der Waals surface area (Å²) in [4.78, 5) is 2.59. The van der Waals surface area contributed by atoms with Crippen molar-refractivity contribution in [2.24, 2.45) is 0 Å². The van der Waals surface area contributed by atoms with E-state index in [0.717, 1.165) is 45.4 Å². The maximum Gasteiger partial charge on any atom is 0.0594 e. The summed E-state index contributed by atoms with van der Waals surface area (Å²) in [6.07, 6.45) is 4.07. The summed E-state index contributed by atoms with van der Waals surface area (Å²) in [5.41, 5.74) is 0. The van der Waals surface area contributed by atoms with Crippen molar-refractivity contribution in [2.45, 2.75) is 59.9 Å². The number of nitrogens with zero attached hydrogens (tertiary/aromatic N) is 1. The Morgan fingerprint density at radius 1 is 1.10 bits per heavy atom. The summed E-state index contributed by atoms with van der Waals surface area (Å²) < 4.78 is 5.61. The number of hydrogen-bond acceptors (Lipinski definition) is 4. The summed E-state index contributed by atoms with van der Waals surface area (Å²) >= 11 is 0. The molecule has 1 aliphatic rings. The van der Waals surface area contributed by atoms with Gasteiger partial charge in [-0.15, -0.1) is 0 Å². The van der Waals surface area contributed by atoms with E-state index in [0.29, 0.717) is 0 Å². The minimum absolute atomic E-state index is 0.719. The fourth-order valence-corrected chi connectivity index (χ4v) is 2.35. The number of piperidine rings is 1. The summed E-state index contributed by atoms with van der Waals surface area (Å²) in [7, 11) is 1.96. The molecule has 21 heavy (non-hydrogen) atoms. The van der Waals surface area contributed by atoms with Crippen LogP contribution in [0, 0.1) is 0 Å². The van der Waals surface area contributed by atoms with Crippen LogP contribution in [0.4, 0.5) is 0 Å². The summed E-state index contributed by atoms with van der Waals surface area (Å²) in [5.74, 6) is 0. The molecule has 1 unspecified atom stereocenters. The molecule has 0 bridgehead atoms. The zero-order chi connectivity index (χ0) is 16.3. The third kappa shape index (κ3) is 13.2. The molecular formula is C17H41N3O. The van der Waals surface area contributed by atoms with Crippen molar-refractivity contribution >= 4 is 0 Å². The van der Waals surface area contributed by atoms with E-state index in [1.165, 1.54) is 25.8 Å². The van der Waals surface area contributed by atoms with Crippen LogP contribution >= 0.6 is 0 Å². The quantitative estimate of drug-likeness (QED) is 0.642. The van der Waals surface area contributed by atoms with E-state index < -0.39 is 0 Å². The van der Waals surface area contributed by atoms with Crippen LogP contribution in [0.15, 0.2) is 0 Å². The fraction of sp³-hybridized carbons (Fsp3) is 1.00. The molecule has 0 aromatic heterocycles. The van der Waals surface area contributed by atoms with E-state index in [-0.39, 0.29) is 0 Å². The lowest BCUT2D eigenvalue weighted by Gasteiger charge is -2.35. The highest BCUT2D eigenvalue weighted by molar-refractivity contribution is 4.78. The SMILES string of the molecule is CC.CC.CCNCC1CCCCN1CCOCCNC. The molecule has 1 heterocycles. The Hall–Kier alpha value is -0.160. The van der Waals surface area contributed by atoms with Crippen LogP contribution in [0.1, 0.15) is 53.9 Å². The smallest absolute Gasteiger partial charge is 0.0594 e. The molecule has 4 nitrogen and oxygen atoms in total. The zero-order valence-corrected chi connectivity index (χ0v) is 15.5. The van der Waals surface area contributed by atoms with Gasteiger partial charge in [0.25, 0.3) is 0 Å². The molecule has 0 radical (unpaired) electrons. The van der Waals surface area contributed by atoms with Crippen molar-refractivity contribution in [3.05, 3.63) is 0 Å². The zero-order valence-electron chi connectivity index (χ0n) is 15.5. The van der Waals surface area contributed by atoms with Crippen LogP contribution in [0.25, 0.3) is 0 Å². The van der Waals surface area contributed by atoms with Crippen LogP contribution < -0.4 is 10.6 Å². The predicted molar refractivity (Wildman–Crippen MR) is 95.2 cm³/mol. The Bertz CT molecular complexity index is 179. The fourth-order valence-electron chi connectivity index (χ4n) is 2.35. The molecule has 1 saturated heterocycles. The molecule has 1 aliphatic heterocycles. The Morgan fingerprint density at radius 3 is 2.43 bits per heavy atom. The van der Waals surface area contributed by atoms with Gasteiger partial charge in [0, 0.05) is 25.7 Å². The number of hydrogen-bond donors (Lipinski definition) is 2. The molecule has 1 atom stereocenters. The van der Waals surface area contributed by atoms with E-state index in [1.54, 1.807) is 0 Å². The van der Waals surface area contributed by atoms with Crippen LogP contribution in [0.5, 0.6) is 0 Å². The van der Waals surface area contributed by atoms with Crippen molar-refractivity contribution in [1.29, 1.82) is 0 Å². The highest BCUT2D eigenvalue weighted by atomic mass is 16.5. The van der Waals surface area contributed by atoms with Crippen LogP contribution in [-0.4, -0.2) is 63.9 Å². The molecule has 1 fully saturated rings. The van der Waals surface area contributed by atoms with Gasteiger partial charge in [-0.05, 0) is 33.0 Å². The summed E-state index contributed by atoms with van der Waals surface area (Å²) in [5, 5.41) is 6.56. The van der Waals surface area contributed by atoms with E-state index >= 15 is 0 Å². The molecule has 0 spiro atoms. The normalized spacial score (nSPS) is 18.3. The van der Waals surface area contributed by atoms with E-state index in [4.69, 9.17) is 4.74 Å². The average Bonchev–Trinajstić information content (AvgIpc) is 2.57.